The van der Waals surface area contributed by atoms with Crippen molar-refractivity contribution < 1.29 is 14.3 Å². The van der Waals surface area contributed by atoms with Gasteiger partial charge in [0, 0.05) is 29.4 Å². The Bertz CT molecular complexity index is 915. The number of carbonyl (C=O) groups excluding carboxylic acids is 2. The summed E-state index contributed by atoms with van der Waals surface area (Å²) in [5, 5.41) is 3.69. The maximum Gasteiger partial charge on any atom is 0.262 e. The second-order valence-corrected chi connectivity index (χ2v) is 8.33. The Hall–Kier alpha value is -2.24. The van der Waals surface area contributed by atoms with E-state index >= 15 is 0 Å². The zero-order valence-corrected chi connectivity index (χ0v) is 18.0. The Morgan fingerprint density at radius 1 is 1.17 bits per heavy atom. The number of halogens is 2. The van der Waals surface area contributed by atoms with E-state index in [0.29, 0.717) is 46.8 Å². The minimum absolute atomic E-state index is 0.156. The average Bonchev–Trinajstić information content (AvgIpc) is 2.66. The molecule has 0 saturated carbocycles. The van der Waals surface area contributed by atoms with Crippen LogP contribution in [0.5, 0.6) is 5.75 Å². The van der Waals surface area contributed by atoms with Crippen LogP contribution in [0.2, 0.25) is 10.0 Å². The van der Waals surface area contributed by atoms with Gasteiger partial charge in [-0.2, -0.15) is 0 Å². The third-order valence-electron chi connectivity index (χ3n) is 4.75. The lowest BCUT2D eigenvalue weighted by atomic mass is 9.99. The van der Waals surface area contributed by atoms with Crippen LogP contribution in [0.15, 0.2) is 36.4 Å². The van der Waals surface area contributed by atoms with Crippen LogP contribution in [-0.2, 0) is 16.0 Å². The van der Waals surface area contributed by atoms with Gasteiger partial charge >= 0.3 is 0 Å². The quantitative estimate of drug-likeness (QED) is 0.639. The number of amides is 2. The highest BCUT2D eigenvalue weighted by Gasteiger charge is 2.24. The highest BCUT2D eigenvalue weighted by Crippen LogP contribution is 2.31. The smallest absolute Gasteiger partial charge is 0.262 e. The van der Waals surface area contributed by atoms with Gasteiger partial charge in [0.05, 0.1) is 5.02 Å². The van der Waals surface area contributed by atoms with Gasteiger partial charge in [-0.3, -0.25) is 9.59 Å². The third-order valence-corrected chi connectivity index (χ3v) is 5.28. The summed E-state index contributed by atoms with van der Waals surface area (Å²) in [6.45, 7) is 4.84. The van der Waals surface area contributed by atoms with E-state index in [1.807, 2.05) is 23.1 Å². The molecule has 0 aromatic heterocycles. The summed E-state index contributed by atoms with van der Waals surface area (Å²) in [6.07, 6.45) is 2.11. The van der Waals surface area contributed by atoms with Crippen molar-refractivity contribution in [2.45, 2.75) is 33.1 Å². The number of nitrogens with zero attached hydrogens (tertiary/aromatic N) is 1. The van der Waals surface area contributed by atoms with Crippen LogP contribution in [0.4, 0.5) is 11.4 Å². The lowest BCUT2D eigenvalue weighted by molar-refractivity contribution is -0.119. The monoisotopic (exact) mass is 434 g/mol. The van der Waals surface area contributed by atoms with Crippen LogP contribution < -0.4 is 15.0 Å². The summed E-state index contributed by atoms with van der Waals surface area (Å²) in [5.74, 6) is 0.791. The van der Waals surface area contributed by atoms with Crippen LogP contribution in [0.1, 0.15) is 32.3 Å². The van der Waals surface area contributed by atoms with E-state index < -0.39 is 0 Å². The summed E-state index contributed by atoms with van der Waals surface area (Å²) in [4.78, 5) is 26.4. The molecule has 0 spiro atoms. The van der Waals surface area contributed by atoms with E-state index in [1.165, 1.54) is 0 Å². The summed E-state index contributed by atoms with van der Waals surface area (Å²) in [5.41, 5.74) is 2.68. The van der Waals surface area contributed by atoms with Crippen molar-refractivity contribution in [2.75, 3.05) is 23.4 Å². The first kappa shape index (κ1) is 21.5. The number of hydrogen-bond acceptors (Lipinski definition) is 3. The summed E-state index contributed by atoms with van der Waals surface area (Å²) < 4.78 is 5.47. The molecule has 2 aromatic rings. The first-order chi connectivity index (χ1) is 13.8. The van der Waals surface area contributed by atoms with Crippen molar-refractivity contribution >= 4 is 46.4 Å². The number of fused-ring (bicyclic) bond motifs is 1. The fraction of sp³-hybridized carbons (Fsp3) is 0.364. The molecule has 5 nitrogen and oxygen atoms in total. The lowest BCUT2D eigenvalue weighted by Gasteiger charge is -2.30. The first-order valence-electron chi connectivity index (χ1n) is 9.64. The molecule has 0 unspecified atom stereocenters. The summed E-state index contributed by atoms with van der Waals surface area (Å²) in [7, 11) is 0. The molecule has 0 fully saturated rings. The van der Waals surface area contributed by atoms with E-state index in [0.717, 1.165) is 17.7 Å². The minimum Gasteiger partial charge on any atom is -0.482 e. The minimum atomic E-state index is -0.292. The highest BCUT2D eigenvalue weighted by atomic mass is 35.5. The largest absolute Gasteiger partial charge is 0.482 e. The predicted molar refractivity (Wildman–Crippen MR) is 117 cm³/mol. The number of benzene rings is 2. The fourth-order valence-corrected chi connectivity index (χ4v) is 3.67. The SMILES string of the molecule is CC(C)CCN1C(=O)CCc2cc(NC(=O)COc3ccc(Cl)cc3Cl)ccc21. The van der Waals surface area contributed by atoms with E-state index in [-0.39, 0.29) is 18.4 Å². The number of rotatable bonds is 7. The molecule has 154 valence electrons. The third kappa shape index (κ3) is 5.64. The first-order valence-corrected chi connectivity index (χ1v) is 10.4. The molecule has 2 aromatic carbocycles. The zero-order chi connectivity index (χ0) is 21.0. The zero-order valence-electron chi connectivity index (χ0n) is 16.5. The molecule has 0 saturated heterocycles. The topological polar surface area (TPSA) is 58.6 Å². The van der Waals surface area contributed by atoms with Gasteiger partial charge in [-0.25, -0.2) is 0 Å². The van der Waals surface area contributed by atoms with E-state index in [1.54, 1.807) is 18.2 Å². The molecule has 1 aliphatic rings. The van der Waals surface area contributed by atoms with Crippen molar-refractivity contribution in [3.05, 3.63) is 52.0 Å². The maximum absolute atomic E-state index is 12.3. The Morgan fingerprint density at radius 3 is 2.69 bits per heavy atom. The van der Waals surface area contributed by atoms with E-state index in [9.17, 15) is 9.59 Å². The van der Waals surface area contributed by atoms with Gasteiger partial charge in [0.15, 0.2) is 6.61 Å². The van der Waals surface area contributed by atoms with Crippen molar-refractivity contribution in [3.8, 4) is 5.75 Å². The molecular formula is C22H24Cl2N2O3. The number of ether oxygens (including phenoxy) is 1. The van der Waals surface area contributed by atoms with Crippen molar-refractivity contribution in [1.82, 2.24) is 0 Å². The molecule has 0 atom stereocenters. The number of hydrogen-bond donors (Lipinski definition) is 1. The molecular weight excluding hydrogens is 411 g/mol. The van der Waals surface area contributed by atoms with Crippen LogP contribution >= 0.6 is 23.2 Å². The molecule has 0 radical (unpaired) electrons. The fourth-order valence-electron chi connectivity index (χ4n) is 3.20. The van der Waals surface area contributed by atoms with Crippen molar-refractivity contribution in [3.63, 3.8) is 0 Å². The number of aryl methyl sites for hydroxylation is 1. The van der Waals surface area contributed by atoms with E-state index in [4.69, 9.17) is 27.9 Å². The molecule has 2 amide bonds. The van der Waals surface area contributed by atoms with Gasteiger partial charge in [-0.05, 0) is 60.7 Å². The summed E-state index contributed by atoms with van der Waals surface area (Å²) in [6, 6.07) is 10.5. The Labute approximate surface area is 180 Å². The van der Waals surface area contributed by atoms with Gasteiger partial charge in [0.2, 0.25) is 5.91 Å². The van der Waals surface area contributed by atoms with Gasteiger partial charge in [-0.1, -0.05) is 37.0 Å². The van der Waals surface area contributed by atoms with Crippen molar-refractivity contribution in [2.24, 2.45) is 5.92 Å². The van der Waals surface area contributed by atoms with E-state index in [2.05, 4.69) is 19.2 Å². The molecule has 0 bridgehead atoms. The molecule has 29 heavy (non-hydrogen) atoms. The Morgan fingerprint density at radius 2 is 1.97 bits per heavy atom. The van der Waals surface area contributed by atoms with Gasteiger partial charge in [-0.15, -0.1) is 0 Å². The van der Waals surface area contributed by atoms with Gasteiger partial charge in [0.1, 0.15) is 5.75 Å². The molecule has 1 heterocycles. The van der Waals surface area contributed by atoms with Crippen LogP contribution in [0.3, 0.4) is 0 Å². The normalized spacial score (nSPS) is 13.4. The molecule has 3 rings (SSSR count). The number of nitrogens with one attached hydrogen (secondary N) is 1. The molecule has 7 heteroatoms. The van der Waals surface area contributed by atoms with Crippen LogP contribution in [-0.4, -0.2) is 25.0 Å². The second kappa shape index (κ2) is 9.51. The number of carbonyl (C=O) groups is 2. The van der Waals surface area contributed by atoms with Crippen LogP contribution in [0, 0.1) is 5.92 Å². The second-order valence-electron chi connectivity index (χ2n) is 7.48. The van der Waals surface area contributed by atoms with Gasteiger partial charge in [0.25, 0.3) is 5.91 Å². The standard InChI is InChI=1S/C22H24Cl2N2O3/c1-14(2)9-10-26-19-6-5-17(11-15(19)3-8-22(26)28)25-21(27)13-29-20-7-4-16(23)12-18(20)24/h4-7,11-12,14H,3,8-10,13H2,1-2H3,(H,25,27). The number of anilines is 2. The molecule has 1 N–H and O–H groups in total. The Balaban J connectivity index is 1.63. The molecule has 1 aliphatic heterocycles. The predicted octanol–water partition coefficient (Wildman–Crippen LogP) is 5.34. The Kier molecular flexibility index (Phi) is 7.04. The van der Waals surface area contributed by atoms with Crippen molar-refractivity contribution in [1.29, 1.82) is 0 Å². The van der Waals surface area contributed by atoms with Crippen LogP contribution in [0.25, 0.3) is 0 Å². The van der Waals surface area contributed by atoms with Gasteiger partial charge < -0.3 is 15.0 Å². The summed E-state index contributed by atoms with van der Waals surface area (Å²) >= 11 is 11.9. The lowest BCUT2D eigenvalue weighted by Crippen LogP contribution is -2.36. The average molecular weight is 435 g/mol. The highest BCUT2D eigenvalue weighted by molar-refractivity contribution is 6.35. The maximum atomic E-state index is 12.3. The molecule has 0 aliphatic carbocycles.